The van der Waals surface area contributed by atoms with E-state index in [1.54, 1.807) is 0 Å². The highest BCUT2D eigenvalue weighted by Crippen LogP contribution is 2.54. The Morgan fingerprint density at radius 2 is 0.818 bits per heavy atom. The van der Waals surface area contributed by atoms with E-state index in [0.717, 1.165) is 36.5 Å². The smallest absolute Gasteiger partial charge is 0.142 e. The van der Waals surface area contributed by atoms with E-state index >= 15 is 0 Å². The molecular formula is C40H66N2O2. The first-order valence-corrected chi connectivity index (χ1v) is 19.7. The van der Waals surface area contributed by atoms with Crippen molar-refractivity contribution in [3.05, 3.63) is 0 Å². The summed E-state index contributed by atoms with van der Waals surface area (Å²) in [4.78, 5) is 35.5. The zero-order valence-electron chi connectivity index (χ0n) is 29.3. The van der Waals surface area contributed by atoms with E-state index in [1.165, 1.54) is 90.1 Å². The van der Waals surface area contributed by atoms with Crippen LogP contribution in [0.2, 0.25) is 0 Å². The van der Waals surface area contributed by atoms with Crippen molar-refractivity contribution < 1.29 is 9.59 Å². The van der Waals surface area contributed by atoms with Gasteiger partial charge >= 0.3 is 0 Å². The molecule has 5 aliphatic carbocycles. The number of ketones is 2. The van der Waals surface area contributed by atoms with Crippen molar-refractivity contribution in [2.45, 2.75) is 156 Å². The number of hydrogen-bond acceptors (Lipinski definition) is 4. The summed E-state index contributed by atoms with van der Waals surface area (Å²) >= 11 is 0. The van der Waals surface area contributed by atoms with E-state index in [2.05, 4.69) is 51.3 Å². The lowest BCUT2D eigenvalue weighted by molar-refractivity contribution is -0.172. The molecule has 0 bridgehead atoms. The van der Waals surface area contributed by atoms with Crippen molar-refractivity contribution in [1.29, 1.82) is 0 Å². The Balaban J connectivity index is 1.23. The SMILES string of the molecule is CC1CCC(CN2C3CC4C(=O)C5C(C)CCC(C)C5N(CC5CCC(C)CC5)C4CC3C(=O)C3C(C)CCC(C)C32)CC1. The number of carbonyl (C=O) groups is 2. The topological polar surface area (TPSA) is 40.6 Å². The minimum Gasteiger partial charge on any atom is -0.299 e. The van der Waals surface area contributed by atoms with Crippen LogP contribution in [0.15, 0.2) is 0 Å². The first kappa shape index (κ1) is 31.8. The molecule has 2 aliphatic heterocycles. The summed E-state index contributed by atoms with van der Waals surface area (Å²) in [6.07, 6.45) is 17.7. The molecule has 7 rings (SSSR count). The van der Waals surface area contributed by atoms with E-state index in [1.807, 2.05) is 0 Å². The van der Waals surface area contributed by atoms with E-state index in [4.69, 9.17) is 0 Å². The van der Waals surface area contributed by atoms with Crippen LogP contribution >= 0.6 is 0 Å². The molecule has 0 N–H and O–H groups in total. The average molecular weight is 607 g/mol. The van der Waals surface area contributed by atoms with Gasteiger partial charge in [0.2, 0.25) is 0 Å². The van der Waals surface area contributed by atoms with E-state index < -0.39 is 0 Å². The standard InChI is InChI=1S/C40H66N2O2/c1-23-7-15-29(16-8-23)21-41-33-19-32-34(20-31(33)39(43)35-25(3)11-13-27(5)37(35)41)42(22-30-17-9-24(2)10-18-30)38-28(6)14-12-26(4)36(38)40(32)44/h23-38H,7-22H2,1-6H3. The number of carbonyl (C=O) groups excluding carboxylic acids is 2. The molecule has 12 atom stereocenters. The average Bonchev–Trinajstić information content (AvgIpc) is 3.01. The summed E-state index contributed by atoms with van der Waals surface area (Å²) < 4.78 is 0. The number of nitrogens with zero attached hydrogens (tertiary/aromatic N) is 2. The van der Waals surface area contributed by atoms with Gasteiger partial charge in [-0.3, -0.25) is 19.4 Å². The minimum atomic E-state index is 0.127. The third-order valence-corrected chi connectivity index (χ3v) is 15.4. The summed E-state index contributed by atoms with van der Waals surface area (Å²) in [5.74, 6) is 7.28. The second-order valence-corrected chi connectivity index (χ2v) is 18.4. The van der Waals surface area contributed by atoms with Crippen molar-refractivity contribution in [2.75, 3.05) is 13.1 Å². The van der Waals surface area contributed by atoms with Crippen LogP contribution in [0.1, 0.15) is 131 Å². The second kappa shape index (κ2) is 12.7. The number of Topliss-reactive ketones (excluding diaryl/α,β-unsaturated/α-hetero) is 2. The van der Waals surface area contributed by atoms with Crippen LogP contribution < -0.4 is 0 Å². The molecule has 248 valence electrons. The Kier molecular flexibility index (Phi) is 9.19. The summed E-state index contributed by atoms with van der Waals surface area (Å²) in [6, 6.07) is 1.35. The summed E-state index contributed by atoms with van der Waals surface area (Å²) in [6.45, 7) is 16.9. The maximum atomic E-state index is 14.8. The van der Waals surface area contributed by atoms with Gasteiger partial charge in [0, 0.05) is 60.9 Å². The largest absolute Gasteiger partial charge is 0.299 e. The number of likely N-dealkylation sites (tertiary alicyclic amines) is 2. The first-order chi connectivity index (χ1) is 21.1. The van der Waals surface area contributed by atoms with Crippen LogP contribution in [0.3, 0.4) is 0 Å². The van der Waals surface area contributed by atoms with Crippen LogP contribution in [0.5, 0.6) is 0 Å². The predicted molar refractivity (Wildman–Crippen MR) is 179 cm³/mol. The maximum absolute atomic E-state index is 14.8. The van der Waals surface area contributed by atoms with Crippen molar-refractivity contribution in [1.82, 2.24) is 9.80 Å². The van der Waals surface area contributed by atoms with E-state index in [0.29, 0.717) is 47.3 Å². The zero-order chi connectivity index (χ0) is 30.9. The molecule has 0 aromatic rings. The third-order valence-electron chi connectivity index (χ3n) is 15.4. The van der Waals surface area contributed by atoms with Crippen LogP contribution in [0.25, 0.3) is 0 Å². The minimum absolute atomic E-state index is 0.127. The molecule has 4 nitrogen and oxygen atoms in total. The van der Waals surface area contributed by atoms with Crippen molar-refractivity contribution in [3.63, 3.8) is 0 Å². The van der Waals surface area contributed by atoms with Crippen LogP contribution in [-0.4, -0.2) is 58.6 Å². The van der Waals surface area contributed by atoms with Gasteiger partial charge < -0.3 is 0 Å². The molecule has 44 heavy (non-hydrogen) atoms. The fourth-order valence-corrected chi connectivity index (χ4v) is 12.7. The molecule has 12 unspecified atom stereocenters. The number of piperidine rings is 2. The number of fused-ring (bicyclic) bond motifs is 4. The quantitative estimate of drug-likeness (QED) is 0.323. The normalized spacial score (nSPS) is 52.0. The second-order valence-electron chi connectivity index (χ2n) is 18.4. The molecule has 5 saturated carbocycles. The number of hydrogen-bond donors (Lipinski definition) is 0. The lowest BCUT2D eigenvalue weighted by atomic mass is 9.55. The summed E-state index contributed by atoms with van der Waals surface area (Å²) in [7, 11) is 0. The van der Waals surface area contributed by atoms with Crippen LogP contribution in [-0.2, 0) is 9.59 Å². The van der Waals surface area contributed by atoms with E-state index in [-0.39, 0.29) is 35.8 Å². The Hall–Kier alpha value is -0.740. The Bertz CT molecular complexity index is 960. The molecule has 0 spiro atoms. The van der Waals surface area contributed by atoms with Crippen molar-refractivity contribution >= 4 is 11.6 Å². The van der Waals surface area contributed by atoms with E-state index in [9.17, 15) is 9.59 Å². The molecule has 2 heterocycles. The van der Waals surface area contributed by atoms with Crippen LogP contribution in [0.4, 0.5) is 0 Å². The molecule has 4 heteroatoms. The molecule has 2 saturated heterocycles. The Morgan fingerprint density at radius 3 is 1.18 bits per heavy atom. The monoisotopic (exact) mass is 607 g/mol. The Morgan fingerprint density at radius 1 is 0.477 bits per heavy atom. The van der Waals surface area contributed by atoms with Gasteiger partial charge in [0.05, 0.1) is 0 Å². The van der Waals surface area contributed by atoms with Gasteiger partial charge in [-0.25, -0.2) is 0 Å². The number of rotatable bonds is 4. The first-order valence-electron chi connectivity index (χ1n) is 19.7. The van der Waals surface area contributed by atoms with Gasteiger partial charge in [-0.15, -0.1) is 0 Å². The lowest BCUT2D eigenvalue weighted by Crippen LogP contribution is -2.72. The predicted octanol–water partition coefficient (Wildman–Crippen LogP) is 8.27. The lowest BCUT2D eigenvalue weighted by Gasteiger charge is -2.63. The van der Waals surface area contributed by atoms with Crippen molar-refractivity contribution in [2.24, 2.45) is 71.0 Å². The molecule has 0 amide bonds. The third kappa shape index (κ3) is 5.60. The molecule has 7 fully saturated rings. The summed E-state index contributed by atoms with van der Waals surface area (Å²) in [5, 5.41) is 0. The van der Waals surface area contributed by atoms with Gasteiger partial charge in [0.25, 0.3) is 0 Å². The highest BCUT2D eigenvalue weighted by atomic mass is 16.1. The highest BCUT2D eigenvalue weighted by Gasteiger charge is 2.61. The molecule has 7 aliphatic rings. The summed E-state index contributed by atoms with van der Waals surface area (Å²) in [5.41, 5.74) is 0. The fraction of sp³-hybridized carbons (Fsp3) is 0.950. The molecule has 0 aromatic carbocycles. The van der Waals surface area contributed by atoms with Gasteiger partial charge in [0.1, 0.15) is 11.6 Å². The fourth-order valence-electron chi connectivity index (χ4n) is 12.7. The molecule has 0 aromatic heterocycles. The van der Waals surface area contributed by atoms with Crippen LogP contribution in [0, 0.1) is 71.0 Å². The van der Waals surface area contributed by atoms with Gasteiger partial charge in [-0.2, -0.15) is 0 Å². The highest BCUT2D eigenvalue weighted by molar-refractivity contribution is 5.89. The maximum Gasteiger partial charge on any atom is 0.142 e. The van der Waals surface area contributed by atoms with Gasteiger partial charge in [0.15, 0.2) is 0 Å². The Labute approximate surface area is 270 Å². The molecular weight excluding hydrogens is 540 g/mol. The zero-order valence-corrected chi connectivity index (χ0v) is 29.3. The molecule has 0 radical (unpaired) electrons. The van der Waals surface area contributed by atoms with Gasteiger partial charge in [-0.1, -0.05) is 67.2 Å². The van der Waals surface area contributed by atoms with Crippen molar-refractivity contribution in [3.8, 4) is 0 Å². The van der Waals surface area contributed by atoms with Gasteiger partial charge in [-0.05, 0) is 112 Å².